The van der Waals surface area contributed by atoms with E-state index in [9.17, 15) is 8.78 Å². The normalized spacial score (nSPS) is 13.1. The van der Waals surface area contributed by atoms with E-state index in [2.05, 4.69) is 34.6 Å². The molecule has 1 heterocycles. The third-order valence-corrected chi connectivity index (χ3v) is 4.72. The number of hydrogen-bond donors (Lipinski definition) is 2. The third-order valence-electron chi connectivity index (χ3n) is 4.72. The van der Waals surface area contributed by atoms with Crippen LogP contribution in [0.25, 0.3) is 0 Å². The maximum Gasteiger partial charge on any atom is 0.191 e. The summed E-state index contributed by atoms with van der Waals surface area (Å²) >= 11 is 0. The summed E-state index contributed by atoms with van der Waals surface area (Å²) in [6.45, 7) is 7.21. The summed E-state index contributed by atoms with van der Waals surface area (Å²) in [6.07, 6.45) is 2.06. The minimum Gasteiger partial charge on any atom is -0.359 e. The Balaban J connectivity index is 1.86. The summed E-state index contributed by atoms with van der Waals surface area (Å²) in [5, 5.41) is 10.5. The van der Waals surface area contributed by atoms with E-state index >= 15 is 0 Å². The minimum absolute atomic E-state index is 0.00889. The number of aliphatic imine (C=N–C) groups is 1. The fourth-order valence-corrected chi connectivity index (χ4v) is 2.89. The number of benzene rings is 1. The highest BCUT2D eigenvalue weighted by atomic mass is 19.2. The first kappa shape index (κ1) is 20.9. The van der Waals surface area contributed by atoms with E-state index in [0.29, 0.717) is 25.0 Å². The molecule has 0 saturated carbocycles. The molecular formula is C20H28F2N4O. The van der Waals surface area contributed by atoms with Gasteiger partial charge in [-0.05, 0) is 36.5 Å². The molecule has 0 amide bonds. The van der Waals surface area contributed by atoms with Gasteiger partial charge < -0.3 is 15.2 Å². The van der Waals surface area contributed by atoms with Gasteiger partial charge >= 0.3 is 0 Å². The molecule has 1 atom stereocenters. The largest absolute Gasteiger partial charge is 0.359 e. The van der Waals surface area contributed by atoms with Crippen LogP contribution in [0.5, 0.6) is 0 Å². The van der Waals surface area contributed by atoms with E-state index in [0.717, 1.165) is 35.9 Å². The highest BCUT2D eigenvalue weighted by Crippen LogP contribution is 2.22. The van der Waals surface area contributed by atoms with Crippen molar-refractivity contribution in [1.29, 1.82) is 0 Å². The SMILES string of the molecule is CCC(CC)c1cc(CNC(=NC)NCC(C)c2ccc(F)c(F)c2)on1. The summed E-state index contributed by atoms with van der Waals surface area (Å²) in [5.74, 6) is 0.0809. The molecule has 7 heteroatoms. The lowest BCUT2D eigenvalue weighted by Crippen LogP contribution is -2.38. The van der Waals surface area contributed by atoms with Crippen molar-refractivity contribution in [2.45, 2.75) is 52.0 Å². The monoisotopic (exact) mass is 378 g/mol. The molecule has 5 nitrogen and oxygen atoms in total. The molecule has 0 fully saturated rings. The Bertz CT molecular complexity index is 756. The lowest BCUT2D eigenvalue weighted by molar-refractivity contribution is 0.368. The van der Waals surface area contributed by atoms with Crippen molar-refractivity contribution < 1.29 is 13.3 Å². The van der Waals surface area contributed by atoms with Gasteiger partial charge in [0.05, 0.1) is 12.2 Å². The lowest BCUT2D eigenvalue weighted by Gasteiger charge is -2.16. The Kier molecular flexibility index (Phi) is 7.76. The van der Waals surface area contributed by atoms with Gasteiger partial charge in [-0.25, -0.2) is 8.78 Å². The van der Waals surface area contributed by atoms with Crippen LogP contribution >= 0.6 is 0 Å². The number of guanidine groups is 1. The first-order chi connectivity index (χ1) is 13.0. The maximum absolute atomic E-state index is 13.4. The van der Waals surface area contributed by atoms with Gasteiger partial charge in [-0.2, -0.15) is 0 Å². The van der Waals surface area contributed by atoms with Crippen LogP contribution in [-0.2, 0) is 6.54 Å². The van der Waals surface area contributed by atoms with E-state index < -0.39 is 11.6 Å². The third kappa shape index (κ3) is 5.77. The topological polar surface area (TPSA) is 62.5 Å². The first-order valence-electron chi connectivity index (χ1n) is 9.33. The van der Waals surface area contributed by atoms with E-state index in [1.807, 2.05) is 13.0 Å². The molecule has 0 radical (unpaired) electrons. The molecule has 0 bridgehead atoms. The molecule has 2 rings (SSSR count). The smallest absolute Gasteiger partial charge is 0.191 e. The number of halogens is 2. The standard InChI is InChI=1S/C20H28F2N4O/c1-5-14(6-2)19-10-16(27-26-19)12-25-20(23-4)24-11-13(3)15-7-8-17(21)18(22)9-15/h7-10,13-14H,5-6,11-12H2,1-4H3,(H2,23,24,25). The van der Waals surface area contributed by atoms with Crippen LogP contribution in [0.4, 0.5) is 8.78 Å². The average molecular weight is 378 g/mol. The average Bonchev–Trinajstić information content (AvgIpc) is 3.13. The van der Waals surface area contributed by atoms with Crippen molar-refractivity contribution in [3.63, 3.8) is 0 Å². The Morgan fingerprint density at radius 3 is 2.52 bits per heavy atom. The van der Waals surface area contributed by atoms with Crippen LogP contribution in [0.1, 0.15) is 62.5 Å². The van der Waals surface area contributed by atoms with Crippen LogP contribution < -0.4 is 10.6 Å². The minimum atomic E-state index is -0.837. The molecule has 148 valence electrons. The predicted octanol–water partition coefficient (Wildman–Crippen LogP) is 4.33. The van der Waals surface area contributed by atoms with Crippen molar-refractivity contribution >= 4 is 5.96 Å². The zero-order valence-electron chi connectivity index (χ0n) is 16.4. The number of aromatic nitrogens is 1. The van der Waals surface area contributed by atoms with Crippen LogP contribution in [0.15, 0.2) is 33.8 Å². The van der Waals surface area contributed by atoms with Gasteiger partial charge in [-0.3, -0.25) is 4.99 Å². The molecule has 1 aromatic heterocycles. The molecule has 2 N–H and O–H groups in total. The van der Waals surface area contributed by atoms with Gasteiger partial charge in [0.2, 0.25) is 0 Å². The maximum atomic E-state index is 13.4. The van der Waals surface area contributed by atoms with E-state index in [4.69, 9.17) is 4.52 Å². The first-order valence-corrected chi connectivity index (χ1v) is 9.33. The van der Waals surface area contributed by atoms with Crippen LogP contribution in [0.3, 0.4) is 0 Å². The number of rotatable bonds is 8. The Morgan fingerprint density at radius 2 is 1.89 bits per heavy atom. The predicted molar refractivity (Wildman–Crippen MR) is 103 cm³/mol. The van der Waals surface area contributed by atoms with Gasteiger partial charge in [0.1, 0.15) is 0 Å². The molecule has 0 aliphatic rings. The van der Waals surface area contributed by atoms with Crippen LogP contribution in [0, 0.1) is 11.6 Å². The fourth-order valence-electron chi connectivity index (χ4n) is 2.89. The molecule has 0 spiro atoms. The van der Waals surface area contributed by atoms with Gasteiger partial charge in [0.25, 0.3) is 0 Å². The Labute approximate surface area is 159 Å². The molecule has 0 saturated heterocycles. The second-order valence-corrected chi connectivity index (χ2v) is 6.61. The van der Waals surface area contributed by atoms with Crippen LogP contribution in [-0.4, -0.2) is 24.7 Å². The van der Waals surface area contributed by atoms with E-state index in [1.54, 1.807) is 13.1 Å². The Morgan fingerprint density at radius 1 is 1.15 bits per heavy atom. The Hall–Kier alpha value is -2.44. The van der Waals surface area contributed by atoms with E-state index in [1.165, 1.54) is 6.07 Å². The molecule has 0 aliphatic carbocycles. The van der Waals surface area contributed by atoms with E-state index in [-0.39, 0.29) is 5.92 Å². The van der Waals surface area contributed by atoms with Crippen molar-refractivity contribution in [3.05, 3.63) is 52.9 Å². The van der Waals surface area contributed by atoms with Gasteiger partial charge in [0.15, 0.2) is 23.4 Å². The fraction of sp³-hybridized carbons (Fsp3) is 0.500. The van der Waals surface area contributed by atoms with Crippen molar-refractivity contribution in [3.8, 4) is 0 Å². The summed E-state index contributed by atoms with van der Waals surface area (Å²) in [4.78, 5) is 4.17. The highest BCUT2D eigenvalue weighted by Gasteiger charge is 2.14. The lowest BCUT2D eigenvalue weighted by atomic mass is 9.99. The molecular weight excluding hydrogens is 350 g/mol. The number of hydrogen-bond acceptors (Lipinski definition) is 3. The summed E-state index contributed by atoms with van der Waals surface area (Å²) in [7, 11) is 1.67. The van der Waals surface area contributed by atoms with Gasteiger partial charge in [-0.1, -0.05) is 32.0 Å². The zero-order chi connectivity index (χ0) is 19.8. The molecule has 27 heavy (non-hydrogen) atoms. The zero-order valence-corrected chi connectivity index (χ0v) is 16.4. The van der Waals surface area contributed by atoms with Crippen molar-refractivity contribution in [1.82, 2.24) is 15.8 Å². The summed E-state index contributed by atoms with van der Waals surface area (Å²) < 4.78 is 31.8. The summed E-state index contributed by atoms with van der Waals surface area (Å²) in [5.41, 5.74) is 1.70. The summed E-state index contributed by atoms with van der Waals surface area (Å²) in [6, 6.07) is 5.94. The number of nitrogens with one attached hydrogen (secondary N) is 2. The highest BCUT2D eigenvalue weighted by molar-refractivity contribution is 5.79. The molecule has 1 aromatic carbocycles. The molecule has 1 unspecified atom stereocenters. The van der Waals surface area contributed by atoms with Gasteiger partial charge in [0, 0.05) is 25.6 Å². The molecule has 0 aliphatic heterocycles. The van der Waals surface area contributed by atoms with Crippen molar-refractivity contribution in [2.75, 3.05) is 13.6 Å². The second kappa shape index (κ2) is 10.0. The number of nitrogens with zero attached hydrogens (tertiary/aromatic N) is 2. The van der Waals surface area contributed by atoms with Gasteiger partial charge in [-0.15, -0.1) is 0 Å². The van der Waals surface area contributed by atoms with Crippen LogP contribution in [0.2, 0.25) is 0 Å². The van der Waals surface area contributed by atoms with Crippen molar-refractivity contribution in [2.24, 2.45) is 4.99 Å². The second-order valence-electron chi connectivity index (χ2n) is 6.61. The molecule has 2 aromatic rings. The quantitative estimate of drug-likeness (QED) is 0.530.